The van der Waals surface area contributed by atoms with Crippen LogP contribution in [0.1, 0.15) is 30.9 Å². The summed E-state index contributed by atoms with van der Waals surface area (Å²) in [6.45, 7) is 2.04. The molecule has 2 aliphatic rings. The predicted molar refractivity (Wildman–Crippen MR) is 73.0 cm³/mol. The second kappa shape index (κ2) is 4.68. The maximum atomic E-state index is 12.3. The number of rotatable bonds is 2. The molecular weight excluding hydrogens is 240 g/mol. The minimum absolute atomic E-state index is 0.0000435. The van der Waals surface area contributed by atoms with Crippen molar-refractivity contribution in [3.63, 3.8) is 0 Å². The van der Waals surface area contributed by atoms with E-state index < -0.39 is 0 Å². The molecule has 2 amide bonds. The highest BCUT2D eigenvalue weighted by Crippen LogP contribution is 2.27. The highest BCUT2D eigenvalue weighted by Gasteiger charge is 2.32. The van der Waals surface area contributed by atoms with Crippen molar-refractivity contribution in [1.82, 2.24) is 5.32 Å². The number of carbonyl (C=O) groups is 2. The van der Waals surface area contributed by atoms with Crippen LogP contribution in [-0.4, -0.2) is 24.4 Å². The quantitative estimate of drug-likeness (QED) is 0.872. The lowest BCUT2D eigenvalue weighted by Gasteiger charge is -2.32. The van der Waals surface area contributed by atoms with E-state index in [9.17, 15) is 9.59 Å². The zero-order valence-electron chi connectivity index (χ0n) is 11.1. The van der Waals surface area contributed by atoms with Crippen molar-refractivity contribution < 1.29 is 9.59 Å². The molecule has 0 spiro atoms. The van der Waals surface area contributed by atoms with Crippen LogP contribution in [0.15, 0.2) is 18.2 Å². The van der Waals surface area contributed by atoms with E-state index >= 15 is 0 Å². The first-order chi connectivity index (χ1) is 9.19. The van der Waals surface area contributed by atoms with Gasteiger partial charge in [-0.15, -0.1) is 0 Å². The summed E-state index contributed by atoms with van der Waals surface area (Å²) in [5.74, 6) is -0.0769. The number of hydrogen-bond acceptors (Lipinski definition) is 2. The number of carbonyl (C=O) groups excluding carboxylic acids is 2. The Balaban J connectivity index is 1.92. The highest BCUT2D eigenvalue weighted by molar-refractivity contribution is 6.06. The van der Waals surface area contributed by atoms with Gasteiger partial charge in [-0.25, -0.2) is 0 Å². The number of fused-ring (bicyclic) bond motifs is 1. The van der Waals surface area contributed by atoms with Crippen LogP contribution < -0.4 is 10.2 Å². The molecule has 1 aliphatic carbocycles. The second-order valence-electron chi connectivity index (χ2n) is 5.26. The van der Waals surface area contributed by atoms with Crippen LogP contribution in [0.2, 0.25) is 0 Å². The van der Waals surface area contributed by atoms with E-state index in [0.29, 0.717) is 6.42 Å². The summed E-state index contributed by atoms with van der Waals surface area (Å²) in [5, 5.41) is 2.74. The summed E-state index contributed by atoms with van der Waals surface area (Å²) in [6.07, 6.45) is 4.02. The number of nitrogens with zero attached hydrogens (tertiary/aromatic N) is 1. The standard InChI is InChI=1S/C15H18N2O2/c1-2-13-15(19)17(9-14(18)16-13)12-7-6-10-4-3-5-11(10)8-12/h6-8,13H,2-5,9H2,1H3,(H,16,18). The summed E-state index contributed by atoms with van der Waals surface area (Å²) in [7, 11) is 0. The maximum Gasteiger partial charge on any atom is 0.250 e. The van der Waals surface area contributed by atoms with E-state index in [1.807, 2.05) is 13.0 Å². The van der Waals surface area contributed by atoms with E-state index in [0.717, 1.165) is 18.5 Å². The Hall–Kier alpha value is -1.84. The minimum atomic E-state index is -0.380. The lowest BCUT2D eigenvalue weighted by molar-refractivity contribution is -0.131. The first-order valence-corrected chi connectivity index (χ1v) is 6.91. The summed E-state index contributed by atoms with van der Waals surface area (Å²) >= 11 is 0. The Kier molecular flexibility index (Phi) is 3.01. The van der Waals surface area contributed by atoms with Crippen LogP contribution in [0, 0.1) is 0 Å². The van der Waals surface area contributed by atoms with Crippen molar-refractivity contribution in [2.24, 2.45) is 0 Å². The predicted octanol–water partition coefficient (Wildman–Crippen LogP) is 1.42. The van der Waals surface area contributed by atoms with Crippen LogP contribution in [0.3, 0.4) is 0 Å². The topological polar surface area (TPSA) is 49.4 Å². The molecule has 0 saturated carbocycles. The SMILES string of the molecule is CCC1NC(=O)CN(c2ccc3c(c2)CCC3)C1=O. The lowest BCUT2D eigenvalue weighted by atomic mass is 10.1. The number of amides is 2. The van der Waals surface area contributed by atoms with Gasteiger partial charge in [-0.1, -0.05) is 13.0 Å². The molecule has 1 saturated heterocycles. The number of hydrogen-bond donors (Lipinski definition) is 1. The van der Waals surface area contributed by atoms with Crippen molar-refractivity contribution in [3.05, 3.63) is 29.3 Å². The van der Waals surface area contributed by atoms with Crippen LogP contribution in [0.4, 0.5) is 5.69 Å². The Morgan fingerprint density at radius 2 is 2.05 bits per heavy atom. The minimum Gasteiger partial charge on any atom is -0.343 e. The molecule has 0 radical (unpaired) electrons. The smallest absolute Gasteiger partial charge is 0.250 e. The fourth-order valence-electron chi connectivity index (χ4n) is 2.93. The zero-order valence-corrected chi connectivity index (χ0v) is 11.1. The van der Waals surface area contributed by atoms with E-state index in [1.54, 1.807) is 4.90 Å². The first-order valence-electron chi connectivity index (χ1n) is 6.91. The van der Waals surface area contributed by atoms with Gasteiger partial charge in [0.1, 0.15) is 12.6 Å². The number of benzene rings is 1. The van der Waals surface area contributed by atoms with E-state index in [2.05, 4.69) is 17.4 Å². The van der Waals surface area contributed by atoms with E-state index in [4.69, 9.17) is 0 Å². The van der Waals surface area contributed by atoms with Gasteiger partial charge >= 0.3 is 0 Å². The van der Waals surface area contributed by atoms with Crippen LogP contribution in [0.5, 0.6) is 0 Å². The molecule has 19 heavy (non-hydrogen) atoms. The van der Waals surface area contributed by atoms with Crippen molar-refractivity contribution in [2.75, 3.05) is 11.4 Å². The molecular formula is C15H18N2O2. The normalized spacial score (nSPS) is 22.4. The Labute approximate surface area is 112 Å². The van der Waals surface area contributed by atoms with Crippen LogP contribution >= 0.6 is 0 Å². The van der Waals surface area contributed by atoms with Crippen molar-refractivity contribution in [1.29, 1.82) is 0 Å². The molecule has 1 unspecified atom stereocenters. The molecule has 1 aliphatic heterocycles. The molecule has 3 rings (SSSR count). The number of aryl methyl sites for hydroxylation is 2. The molecule has 1 N–H and O–H groups in total. The summed E-state index contributed by atoms with van der Waals surface area (Å²) in [5.41, 5.74) is 3.56. The van der Waals surface area contributed by atoms with Gasteiger partial charge in [0.25, 0.3) is 0 Å². The van der Waals surface area contributed by atoms with Crippen molar-refractivity contribution in [2.45, 2.75) is 38.6 Å². The van der Waals surface area contributed by atoms with Gasteiger partial charge in [0.2, 0.25) is 11.8 Å². The van der Waals surface area contributed by atoms with E-state index in [-0.39, 0.29) is 24.4 Å². The second-order valence-corrected chi connectivity index (χ2v) is 5.26. The molecule has 1 aromatic carbocycles. The molecule has 4 heteroatoms. The maximum absolute atomic E-state index is 12.3. The monoisotopic (exact) mass is 258 g/mol. The van der Waals surface area contributed by atoms with Gasteiger partial charge < -0.3 is 10.2 Å². The molecule has 1 atom stereocenters. The van der Waals surface area contributed by atoms with Gasteiger partial charge in [0.15, 0.2) is 0 Å². The molecule has 0 aromatic heterocycles. The number of nitrogens with one attached hydrogen (secondary N) is 1. The lowest BCUT2D eigenvalue weighted by Crippen LogP contribution is -2.58. The average Bonchev–Trinajstić information content (AvgIpc) is 2.88. The highest BCUT2D eigenvalue weighted by atomic mass is 16.2. The van der Waals surface area contributed by atoms with E-state index in [1.165, 1.54) is 17.5 Å². The van der Waals surface area contributed by atoms with Crippen LogP contribution in [0.25, 0.3) is 0 Å². The molecule has 100 valence electrons. The molecule has 4 nitrogen and oxygen atoms in total. The molecule has 0 bridgehead atoms. The Bertz CT molecular complexity index is 539. The third kappa shape index (κ3) is 2.11. The fraction of sp³-hybridized carbons (Fsp3) is 0.467. The Morgan fingerprint density at radius 3 is 2.84 bits per heavy atom. The first kappa shape index (κ1) is 12.2. The largest absolute Gasteiger partial charge is 0.343 e. The van der Waals surface area contributed by atoms with Crippen molar-refractivity contribution >= 4 is 17.5 Å². The zero-order chi connectivity index (χ0) is 13.4. The van der Waals surface area contributed by atoms with Gasteiger partial charge in [-0.3, -0.25) is 9.59 Å². The van der Waals surface area contributed by atoms with Gasteiger partial charge in [-0.2, -0.15) is 0 Å². The van der Waals surface area contributed by atoms with Gasteiger partial charge in [-0.05, 0) is 48.9 Å². The van der Waals surface area contributed by atoms with Crippen LogP contribution in [-0.2, 0) is 22.4 Å². The Morgan fingerprint density at radius 1 is 1.26 bits per heavy atom. The number of piperazine rings is 1. The summed E-state index contributed by atoms with van der Waals surface area (Å²) in [4.78, 5) is 25.6. The third-order valence-corrected chi connectivity index (χ3v) is 4.00. The summed E-state index contributed by atoms with van der Waals surface area (Å²) < 4.78 is 0. The van der Waals surface area contributed by atoms with Gasteiger partial charge in [0.05, 0.1) is 0 Å². The molecule has 1 aromatic rings. The van der Waals surface area contributed by atoms with Crippen molar-refractivity contribution in [3.8, 4) is 0 Å². The average molecular weight is 258 g/mol. The number of anilines is 1. The summed E-state index contributed by atoms with van der Waals surface area (Å²) in [6, 6.07) is 5.76. The third-order valence-electron chi connectivity index (χ3n) is 4.00. The fourth-order valence-corrected chi connectivity index (χ4v) is 2.93. The van der Waals surface area contributed by atoms with Gasteiger partial charge in [0, 0.05) is 5.69 Å². The molecule has 1 heterocycles. The molecule has 1 fully saturated rings.